The molecule has 0 aliphatic heterocycles. The van der Waals surface area contributed by atoms with Crippen LogP contribution in [0.4, 0.5) is 13.2 Å². The molecule has 0 aliphatic carbocycles. The van der Waals surface area contributed by atoms with Gasteiger partial charge in [-0.1, -0.05) is 13.0 Å². The van der Waals surface area contributed by atoms with Gasteiger partial charge in [0.15, 0.2) is 4.77 Å². The fourth-order valence-electron chi connectivity index (χ4n) is 1.91. The van der Waals surface area contributed by atoms with Crippen LogP contribution >= 0.6 is 12.2 Å². The van der Waals surface area contributed by atoms with Crippen LogP contribution in [0.2, 0.25) is 0 Å². The van der Waals surface area contributed by atoms with E-state index in [1.165, 1.54) is 0 Å². The summed E-state index contributed by atoms with van der Waals surface area (Å²) in [7, 11) is 0. The van der Waals surface area contributed by atoms with Crippen LogP contribution in [0.5, 0.6) is 5.75 Å². The molecule has 25 heavy (non-hydrogen) atoms. The van der Waals surface area contributed by atoms with Crippen molar-refractivity contribution >= 4 is 18.2 Å². The van der Waals surface area contributed by atoms with E-state index in [0.717, 1.165) is 17.2 Å². The van der Waals surface area contributed by atoms with Crippen LogP contribution in [0.3, 0.4) is 0 Å². The number of halogens is 3. The van der Waals surface area contributed by atoms with Crippen molar-refractivity contribution in [2.75, 3.05) is 6.61 Å². The maximum absolute atomic E-state index is 12.2. The van der Waals surface area contributed by atoms with E-state index in [1.54, 1.807) is 6.92 Å². The number of H-pyrrole nitrogens is 1. The summed E-state index contributed by atoms with van der Waals surface area (Å²) in [5.74, 6) is -1.30. The zero-order valence-corrected chi connectivity index (χ0v) is 14.5. The van der Waals surface area contributed by atoms with Crippen LogP contribution in [0.25, 0.3) is 0 Å². The van der Waals surface area contributed by atoms with Crippen LogP contribution in [0.15, 0.2) is 23.1 Å². The van der Waals surface area contributed by atoms with Crippen molar-refractivity contribution in [2.45, 2.75) is 45.5 Å². The van der Waals surface area contributed by atoms with E-state index in [9.17, 15) is 22.8 Å². The number of esters is 1. The number of hydrogen-bond acceptors (Lipinski definition) is 5. The molecule has 1 aromatic heterocycles. The molecule has 0 spiro atoms. The van der Waals surface area contributed by atoms with Gasteiger partial charge in [-0.2, -0.15) is 0 Å². The number of carbonyl (C=O) groups excluding carboxylic acids is 1. The summed E-state index contributed by atoms with van der Waals surface area (Å²) in [5.41, 5.74) is -0.606. The van der Waals surface area contributed by atoms with E-state index < -0.39 is 23.6 Å². The van der Waals surface area contributed by atoms with Crippen molar-refractivity contribution in [3.8, 4) is 5.75 Å². The van der Waals surface area contributed by atoms with Gasteiger partial charge in [0.05, 0.1) is 12.8 Å². The zero-order valence-electron chi connectivity index (χ0n) is 13.6. The third kappa shape index (κ3) is 7.55. The summed E-state index contributed by atoms with van der Waals surface area (Å²) < 4.78 is 46.3. The summed E-state index contributed by atoms with van der Waals surface area (Å²) >= 11 is 4.92. The topological polar surface area (TPSA) is 73.3 Å². The van der Waals surface area contributed by atoms with E-state index in [1.807, 2.05) is 0 Å². The molecule has 1 rings (SSSR count). The lowest BCUT2D eigenvalue weighted by Crippen LogP contribution is -2.28. The second kappa shape index (κ2) is 9.40. The van der Waals surface area contributed by atoms with Crippen LogP contribution in [0.1, 0.15) is 32.6 Å². The highest BCUT2D eigenvalue weighted by molar-refractivity contribution is 7.71. The Kier molecular flexibility index (Phi) is 7.88. The first-order chi connectivity index (χ1) is 11.6. The quantitative estimate of drug-likeness (QED) is 0.307. The third-order valence-corrected chi connectivity index (χ3v) is 3.45. The van der Waals surface area contributed by atoms with Gasteiger partial charge < -0.3 is 14.5 Å². The lowest BCUT2D eigenvalue weighted by atomic mass is 10.2. The number of hydrogen-bond donors (Lipinski definition) is 1. The lowest BCUT2D eigenvalue weighted by molar-refractivity contribution is -0.275. The van der Waals surface area contributed by atoms with Gasteiger partial charge in [-0.3, -0.25) is 9.36 Å². The van der Waals surface area contributed by atoms with Crippen molar-refractivity contribution < 1.29 is 27.4 Å². The normalized spacial score (nSPS) is 11.2. The monoisotopic (exact) mass is 380 g/mol. The van der Waals surface area contributed by atoms with Crippen LogP contribution < -0.4 is 10.3 Å². The smallest absolute Gasteiger partial charge is 0.462 e. The predicted octanol–water partition coefficient (Wildman–Crippen LogP) is 3.48. The molecule has 0 aliphatic rings. The molecule has 0 saturated carbocycles. The molecule has 140 valence electrons. The molecule has 10 heteroatoms. The molecule has 0 aromatic carbocycles. The molecule has 0 fully saturated rings. The molecule has 0 amide bonds. The van der Waals surface area contributed by atoms with E-state index in [4.69, 9.17) is 17.0 Å². The number of aromatic nitrogens is 2. The highest BCUT2D eigenvalue weighted by atomic mass is 32.1. The minimum atomic E-state index is -4.95. The number of alkyl halides is 3. The van der Waals surface area contributed by atoms with E-state index in [2.05, 4.69) is 16.3 Å². The number of aromatic amines is 1. The third-order valence-electron chi connectivity index (χ3n) is 3.11. The van der Waals surface area contributed by atoms with Crippen molar-refractivity contribution in [1.82, 2.24) is 9.55 Å². The van der Waals surface area contributed by atoms with Gasteiger partial charge in [0.2, 0.25) is 5.75 Å². The first-order valence-corrected chi connectivity index (χ1v) is 7.93. The minimum absolute atomic E-state index is 0.0231. The van der Waals surface area contributed by atoms with Crippen molar-refractivity contribution in [2.24, 2.45) is 0 Å². The van der Waals surface area contributed by atoms with E-state index >= 15 is 0 Å². The van der Waals surface area contributed by atoms with Crippen molar-refractivity contribution in [1.29, 1.82) is 0 Å². The number of rotatable bonds is 9. The Morgan fingerprint density at radius 3 is 2.56 bits per heavy atom. The highest BCUT2D eigenvalue weighted by Gasteiger charge is 2.32. The van der Waals surface area contributed by atoms with Crippen LogP contribution in [-0.2, 0) is 16.1 Å². The number of carbonyl (C=O) groups is 1. The second-order valence-corrected chi connectivity index (χ2v) is 5.68. The largest absolute Gasteiger partial charge is 0.573 e. The Morgan fingerprint density at radius 1 is 1.32 bits per heavy atom. The maximum atomic E-state index is 12.2. The first-order valence-electron chi connectivity index (χ1n) is 7.52. The van der Waals surface area contributed by atoms with Gasteiger partial charge in [-0.15, -0.1) is 13.2 Å². The van der Waals surface area contributed by atoms with Crippen molar-refractivity contribution in [3.05, 3.63) is 33.5 Å². The van der Waals surface area contributed by atoms with Gasteiger partial charge in [-0.05, 0) is 38.4 Å². The molecule has 0 bridgehead atoms. The molecule has 1 N–H and O–H groups in total. The molecule has 0 radical (unpaired) electrons. The highest BCUT2D eigenvalue weighted by Crippen LogP contribution is 2.18. The predicted molar refractivity (Wildman–Crippen MR) is 86.8 cm³/mol. The summed E-state index contributed by atoms with van der Waals surface area (Å²) in [6.07, 6.45) is -1.57. The molecule has 1 aromatic rings. The van der Waals surface area contributed by atoms with Gasteiger partial charge in [-0.25, -0.2) is 4.79 Å². The number of ether oxygens (including phenoxy) is 2. The zero-order chi connectivity index (χ0) is 19.0. The van der Waals surface area contributed by atoms with E-state index in [0.29, 0.717) is 24.8 Å². The Hall–Kier alpha value is -2.10. The average molecular weight is 380 g/mol. The SMILES string of the molecule is C=C(C)C(=O)OCCCCCCn1c(=S)[nH]cc(OC(F)(F)F)c1=O. The molecule has 0 unspecified atom stereocenters. The number of unbranched alkanes of at least 4 members (excludes halogenated alkanes) is 3. The molecular weight excluding hydrogens is 361 g/mol. The average Bonchev–Trinajstić information content (AvgIpc) is 2.50. The maximum Gasteiger partial charge on any atom is 0.573 e. The molecule has 0 saturated heterocycles. The summed E-state index contributed by atoms with van der Waals surface area (Å²) in [6.45, 7) is 5.44. The summed E-state index contributed by atoms with van der Waals surface area (Å²) in [5, 5.41) is 0. The first kappa shape index (κ1) is 20.9. The minimum Gasteiger partial charge on any atom is -0.462 e. The van der Waals surface area contributed by atoms with Crippen LogP contribution in [0, 0.1) is 4.77 Å². The Morgan fingerprint density at radius 2 is 1.96 bits per heavy atom. The second-order valence-electron chi connectivity index (χ2n) is 5.29. The van der Waals surface area contributed by atoms with E-state index in [-0.39, 0.29) is 17.9 Å². The summed E-state index contributed by atoms with van der Waals surface area (Å²) in [4.78, 5) is 25.5. The molecule has 1 heterocycles. The number of nitrogens with zero attached hydrogens (tertiary/aromatic N) is 1. The fraction of sp³-hybridized carbons (Fsp3) is 0.533. The van der Waals surface area contributed by atoms with Gasteiger partial charge >= 0.3 is 12.3 Å². The lowest BCUT2D eigenvalue weighted by Gasteiger charge is -2.11. The molecular formula is C15H19F3N2O4S. The summed E-state index contributed by atoms with van der Waals surface area (Å²) in [6, 6.07) is 0. The van der Waals surface area contributed by atoms with Crippen LogP contribution in [-0.4, -0.2) is 28.5 Å². The van der Waals surface area contributed by atoms with Gasteiger partial charge in [0, 0.05) is 12.1 Å². The molecule has 0 atom stereocenters. The molecule has 6 nitrogen and oxygen atoms in total. The Bertz CT molecular complexity index is 725. The van der Waals surface area contributed by atoms with Gasteiger partial charge in [0.25, 0.3) is 5.56 Å². The van der Waals surface area contributed by atoms with Gasteiger partial charge in [0.1, 0.15) is 0 Å². The van der Waals surface area contributed by atoms with Crippen molar-refractivity contribution in [3.63, 3.8) is 0 Å². The fourth-order valence-corrected chi connectivity index (χ4v) is 2.14. The Balaban J connectivity index is 2.46. The number of nitrogens with one attached hydrogen (secondary N) is 1. The standard InChI is InChI=1S/C15H19F3N2O4S/c1-10(2)13(22)23-8-6-4-3-5-7-20-12(21)11(9-19-14(20)25)24-15(16,17)18/h9H,1,3-8H2,2H3,(H,19,25). The Labute approximate surface area is 147 Å².